The van der Waals surface area contributed by atoms with Crippen LogP contribution in [0, 0.1) is 6.92 Å². The Morgan fingerprint density at radius 2 is 2.24 bits per heavy atom. The fraction of sp³-hybridized carbons (Fsp3) is 0.750. The summed E-state index contributed by atoms with van der Waals surface area (Å²) in [5, 5.41) is 7.78. The van der Waals surface area contributed by atoms with E-state index in [1.54, 1.807) is 6.20 Å². The molecule has 1 atom stereocenters. The molecular formula is C16H28N4O. The zero-order valence-electron chi connectivity index (χ0n) is 13.9. The third kappa shape index (κ3) is 3.28. The maximum absolute atomic E-state index is 12.9. The molecular weight excluding hydrogens is 264 g/mol. The van der Waals surface area contributed by atoms with Gasteiger partial charge < -0.3 is 10.2 Å². The van der Waals surface area contributed by atoms with E-state index in [0.717, 1.165) is 43.7 Å². The highest BCUT2D eigenvalue weighted by atomic mass is 16.2. The maximum Gasteiger partial charge on any atom is 0.257 e. The lowest BCUT2D eigenvalue weighted by Crippen LogP contribution is -2.42. The molecule has 1 unspecified atom stereocenters. The molecule has 1 aromatic heterocycles. The molecule has 0 saturated carbocycles. The van der Waals surface area contributed by atoms with Crippen LogP contribution in [0.3, 0.4) is 0 Å². The van der Waals surface area contributed by atoms with E-state index < -0.39 is 0 Å². The molecule has 118 valence electrons. The Balaban J connectivity index is 2.26. The number of amides is 1. The Morgan fingerprint density at radius 1 is 1.52 bits per heavy atom. The van der Waals surface area contributed by atoms with Gasteiger partial charge in [-0.1, -0.05) is 6.92 Å². The van der Waals surface area contributed by atoms with Crippen LogP contribution >= 0.6 is 0 Å². The predicted molar refractivity (Wildman–Crippen MR) is 84.6 cm³/mol. The van der Waals surface area contributed by atoms with E-state index in [-0.39, 0.29) is 11.4 Å². The van der Waals surface area contributed by atoms with Gasteiger partial charge in [-0.05, 0) is 47.1 Å². The van der Waals surface area contributed by atoms with Gasteiger partial charge in [-0.15, -0.1) is 0 Å². The second kappa shape index (κ2) is 6.18. The van der Waals surface area contributed by atoms with E-state index in [0.29, 0.717) is 6.04 Å². The van der Waals surface area contributed by atoms with E-state index in [9.17, 15) is 4.79 Å². The molecule has 1 aliphatic rings. The summed E-state index contributed by atoms with van der Waals surface area (Å²) in [6, 6.07) is 0.315. The standard InChI is InChI=1S/C16H28N4O/c1-6-9-19(13-7-8-17-10-13)15(21)14-11-18-20(12(14)2)16(3,4)5/h11,13,17H,6-10H2,1-5H3. The van der Waals surface area contributed by atoms with Gasteiger partial charge in [-0.25, -0.2) is 0 Å². The Kier molecular flexibility index (Phi) is 4.71. The molecule has 1 amide bonds. The third-order valence-corrected chi connectivity index (χ3v) is 4.08. The van der Waals surface area contributed by atoms with Crippen molar-refractivity contribution in [2.75, 3.05) is 19.6 Å². The molecule has 5 heteroatoms. The van der Waals surface area contributed by atoms with Crippen LogP contribution < -0.4 is 5.32 Å². The molecule has 0 radical (unpaired) electrons. The topological polar surface area (TPSA) is 50.2 Å². The van der Waals surface area contributed by atoms with Crippen LogP contribution in [0.4, 0.5) is 0 Å². The minimum Gasteiger partial charge on any atom is -0.334 e. The molecule has 21 heavy (non-hydrogen) atoms. The predicted octanol–water partition coefficient (Wildman–Crippen LogP) is 2.16. The Bertz CT molecular complexity index is 495. The summed E-state index contributed by atoms with van der Waals surface area (Å²) in [5.74, 6) is 0.124. The number of aromatic nitrogens is 2. The van der Waals surface area contributed by atoms with E-state index in [2.05, 4.69) is 38.1 Å². The zero-order valence-corrected chi connectivity index (χ0v) is 13.9. The number of carbonyl (C=O) groups is 1. The molecule has 1 saturated heterocycles. The highest BCUT2D eigenvalue weighted by molar-refractivity contribution is 5.95. The van der Waals surface area contributed by atoms with E-state index in [4.69, 9.17) is 0 Å². The van der Waals surface area contributed by atoms with Crippen molar-refractivity contribution in [1.82, 2.24) is 20.0 Å². The van der Waals surface area contributed by atoms with Crippen molar-refractivity contribution in [3.63, 3.8) is 0 Å². The first-order valence-corrected chi connectivity index (χ1v) is 7.93. The van der Waals surface area contributed by atoms with Crippen molar-refractivity contribution in [1.29, 1.82) is 0 Å². The molecule has 2 rings (SSSR count). The summed E-state index contributed by atoms with van der Waals surface area (Å²) >= 11 is 0. The summed E-state index contributed by atoms with van der Waals surface area (Å²) < 4.78 is 1.94. The summed E-state index contributed by atoms with van der Waals surface area (Å²) in [7, 11) is 0. The van der Waals surface area contributed by atoms with Crippen molar-refractivity contribution in [3.8, 4) is 0 Å². The molecule has 1 N–H and O–H groups in total. The van der Waals surface area contributed by atoms with Crippen molar-refractivity contribution < 1.29 is 4.79 Å². The molecule has 1 fully saturated rings. The lowest BCUT2D eigenvalue weighted by molar-refractivity contribution is 0.0691. The summed E-state index contributed by atoms with van der Waals surface area (Å²) in [6.07, 6.45) is 3.75. The number of nitrogens with one attached hydrogen (secondary N) is 1. The van der Waals surface area contributed by atoms with Crippen LogP contribution in [-0.4, -0.2) is 46.3 Å². The number of carbonyl (C=O) groups excluding carboxylic acids is 1. The Labute approximate surface area is 127 Å². The minimum absolute atomic E-state index is 0.104. The molecule has 0 spiro atoms. The van der Waals surface area contributed by atoms with Crippen LogP contribution in [0.15, 0.2) is 6.20 Å². The highest BCUT2D eigenvalue weighted by Gasteiger charge is 2.29. The molecule has 2 heterocycles. The minimum atomic E-state index is -0.104. The molecule has 0 aliphatic carbocycles. The van der Waals surface area contributed by atoms with E-state index in [1.807, 2.05) is 16.5 Å². The number of nitrogens with zero attached hydrogens (tertiary/aromatic N) is 3. The van der Waals surface area contributed by atoms with E-state index >= 15 is 0 Å². The molecule has 1 aliphatic heterocycles. The van der Waals surface area contributed by atoms with Gasteiger partial charge in [0.25, 0.3) is 5.91 Å². The first-order valence-electron chi connectivity index (χ1n) is 7.93. The highest BCUT2D eigenvalue weighted by Crippen LogP contribution is 2.21. The molecule has 0 bridgehead atoms. The van der Waals surface area contributed by atoms with Gasteiger partial charge in [0.05, 0.1) is 17.3 Å². The van der Waals surface area contributed by atoms with Gasteiger partial charge in [0, 0.05) is 24.8 Å². The van der Waals surface area contributed by atoms with Gasteiger partial charge in [0.15, 0.2) is 0 Å². The average Bonchev–Trinajstić information content (AvgIpc) is 3.03. The van der Waals surface area contributed by atoms with Gasteiger partial charge in [0.2, 0.25) is 0 Å². The monoisotopic (exact) mass is 292 g/mol. The zero-order chi connectivity index (χ0) is 15.6. The van der Waals surface area contributed by atoms with Crippen molar-refractivity contribution in [2.45, 2.75) is 59.0 Å². The van der Waals surface area contributed by atoms with Gasteiger partial charge in [-0.2, -0.15) is 5.10 Å². The Morgan fingerprint density at radius 3 is 2.71 bits per heavy atom. The molecule has 5 nitrogen and oxygen atoms in total. The molecule has 1 aromatic rings. The maximum atomic E-state index is 12.9. The SMILES string of the molecule is CCCN(C(=O)c1cnn(C(C)(C)C)c1C)C1CCNC1. The summed E-state index contributed by atoms with van der Waals surface area (Å²) in [4.78, 5) is 15.0. The summed E-state index contributed by atoms with van der Waals surface area (Å²) in [5.41, 5.74) is 1.59. The fourth-order valence-electron chi connectivity index (χ4n) is 3.05. The fourth-order valence-corrected chi connectivity index (χ4v) is 3.05. The Hall–Kier alpha value is -1.36. The third-order valence-electron chi connectivity index (χ3n) is 4.08. The number of rotatable bonds is 4. The normalized spacial score (nSPS) is 19.0. The number of hydrogen-bond acceptors (Lipinski definition) is 3. The first-order chi connectivity index (χ1) is 9.86. The van der Waals surface area contributed by atoms with Crippen molar-refractivity contribution >= 4 is 5.91 Å². The molecule has 0 aromatic carbocycles. The average molecular weight is 292 g/mol. The second-order valence-corrected chi connectivity index (χ2v) is 6.87. The number of hydrogen-bond donors (Lipinski definition) is 1. The van der Waals surface area contributed by atoms with E-state index in [1.165, 1.54) is 0 Å². The van der Waals surface area contributed by atoms with Crippen LogP contribution in [0.1, 0.15) is 56.6 Å². The van der Waals surface area contributed by atoms with Gasteiger partial charge >= 0.3 is 0 Å². The van der Waals surface area contributed by atoms with Gasteiger partial charge in [0.1, 0.15) is 0 Å². The lowest BCUT2D eigenvalue weighted by atomic mass is 10.1. The van der Waals surface area contributed by atoms with Crippen LogP contribution in [-0.2, 0) is 5.54 Å². The van der Waals surface area contributed by atoms with Crippen molar-refractivity contribution in [2.24, 2.45) is 0 Å². The van der Waals surface area contributed by atoms with Crippen LogP contribution in [0.5, 0.6) is 0 Å². The van der Waals surface area contributed by atoms with Crippen LogP contribution in [0.25, 0.3) is 0 Å². The second-order valence-electron chi connectivity index (χ2n) is 6.87. The lowest BCUT2D eigenvalue weighted by Gasteiger charge is -2.28. The summed E-state index contributed by atoms with van der Waals surface area (Å²) in [6.45, 7) is 13.1. The smallest absolute Gasteiger partial charge is 0.257 e. The van der Waals surface area contributed by atoms with Crippen molar-refractivity contribution in [3.05, 3.63) is 17.5 Å². The first kappa shape index (κ1) is 16.0. The van der Waals surface area contributed by atoms with Crippen LogP contribution in [0.2, 0.25) is 0 Å². The van der Waals surface area contributed by atoms with Gasteiger partial charge in [-0.3, -0.25) is 9.48 Å². The quantitative estimate of drug-likeness (QED) is 0.925. The largest absolute Gasteiger partial charge is 0.334 e.